The standard InChI is InChI=1S/C7H7F5NO2PS/c8-17(9,10,11,12)6-3-1-5(2-4-6)13-7(14)15-16/h1-4H,16H2,(H,13,14). The Morgan fingerprint density at radius 2 is 1.59 bits per heavy atom. The lowest BCUT2D eigenvalue weighted by Crippen LogP contribution is -2.09. The number of hydrogen-bond acceptors (Lipinski definition) is 2. The van der Waals surface area contributed by atoms with E-state index < -0.39 is 21.2 Å². The third-order valence-electron chi connectivity index (χ3n) is 1.65. The summed E-state index contributed by atoms with van der Waals surface area (Å²) in [5.74, 6) is 0. The molecule has 10 heteroatoms. The van der Waals surface area contributed by atoms with Gasteiger partial charge in [0.2, 0.25) is 0 Å². The van der Waals surface area contributed by atoms with Gasteiger partial charge in [-0.25, -0.2) is 4.79 Å². The molecule has 3 nitrogen and oxygen atoms in total. The minimum absolute atomic E-state index is 0.0944. The van der Waals surface area contributed by atoms with E-state index in [1.54, 1.807) is 9.47 Å². The summed E-state index contributed by atoms with van der Waals surface area (Å²) in [4.78, 5) is 8.65. The van der Waals surface area contributed by atoms with Crippen LogP contribution in [0.3, 0.4) is 0 Å². The molecule has 0 fully saturated rings. The van der Waals surface area contributed by atoms with Crippen molar-refractivity contribution < 1.29 is 28.7 Å². The van der Waals surface area contributed by atoms with Crippen molar-refractivity contribution in [3.05, 3.63) is 24.3 Å². The normalized spacial score (nSPS) is 15.6. The highest BCUT2D eigenvalue weighted by Gasteiger charge is 2.65. The van der Waals surface area contributed by atoms with Crippen molar-refractivity contribution in [1.29, 1.82) is 0 Å². The van der Waals surface area contributed by atoms with E-state index in [-0.39, 0.29) is 17.8 Å². The molecule has 0 aliphatic carbocycles. The number of nitrogens with one attached hydrogen (secondary N) is 1. The van der Waals surface area contributed by atoms with Crippen molar-refractivity contribution in [1.82, 2.24) is 0 Å². The van der Waals surface area contributed by atoms with Crippen molar-refractivity contribution >= 4 is 31.5 Å². The average Bonchev–Trinajstić information content (AvgIpc) is 2.15. The van der Waals surface area contributed by atoms with Crippen LogP contribution in [0.1, 0.15) is 0 Å². The maximum atomic E-state index is 12.3. The molecule has 0 heterocycles. The second-order valence-corrected chi connectivity index (χ2v) is 5.67. The second-order valence-electron chi connectivity index (χ2n) is 3.02. The van der Waals surface area contributed by atoms with Crippen LogP contribution in [0, 0.1) is 0 Å². The molecule has 0 saturated heterocycles. The van der Waals surface area contributed by atoms with Crippen LogP contribution in [0.4, 0.5) is 29.9 Å². The van der Waals surface area contributed by atoms with Gasteiger partial charge < -0.3 is 4.52 Å². The molecular weight excluding hydrogens is 288 g/mol. The zero-order valence-electron chi connectivity index (χ0n) is 8.00. The van der Waals surface area contributed by atoms with Crippen LogP contribution in [0.25, 0.3) is 0 Å². The zero-order chi connectivity index (χ0) is 13.4. The first-order chi connectivity index (χ1) is 7.42. The van der Waals surface area contributed by atoms with Crippen LogP contribution in [0.15, 0.2) is 29.2 Å². The summed E-state index contributed by atoms with van der Waals surface area (Å²) < 4.78 is 65.6. The first-order valence-electron chi connectivity index (χ1n) is 3.94. The van der Waals surface area contributed by atoms with Gasteiger partial charge in [-0.3, -0.25) is 5.32 Å². The lowest BCUT2D eigenvalue weighted by atomic mass is 10.3. The number of carbonyl (C=O) groups is 1. The predicted octanol–water partition coefficient (Wildman–Crippen LogP) is 4.68. The summed E-state index contributed by atoms with van der Waals surface area (Å²) in [5.41, 5.74) is -0.0944. The van der Waals surface area contributed by atoms with Crippen molar-refractivity contribution in [3.8, 4) is 0 Å². The van der Waals surface area contributed by atoms with E-state index >= 15 is 0 Å². The molecule has 0 saturated carbocycles. The topological polar surface area (TPSA) is 38.3 Å². The summed E-state index contributed by atoms with van der Waals surface area (Å²) in [6.07, 6.45) is -0.949. The molecular formula is C7H7F5NO2PS. The molecule has 1 aromatic rings. The maximum Gasteiger partial charge on any atom is 0.413 e. The van der Waals surface area contributed by atoms with E-state index in [0.29, 0.717) is 12.1 Å². The SMILES string of the molecule is O=C(Nc1ccc(S(F)(F)(F)(F)F)cc1)OP. The molecule has 1 amide bonds. The van der Waals surface area contributed by atoms with Gasteiger partial charge in [-0.1, -0.05) is 19.4 Å². The Morgan fingerprint density at radius 3 is 1.94 bits per heavy atom. The monoisotopic (exact) mass is 295 g/mol. The molecule has 1 rings (SSSR count). The van der Waals surface area contributed by atoms with Crippen molar-refractivity contribution in [2.75, 3.05) is 5.32 Å². The number of benzene rings is 1. The average molecular weight is 295 g/mol. The van der Waals surface area contributed by atoms with Gasteiger partial charge in [0.1, 0.15) is 4.90 Å². The van der Waals surface area contributed by atoms with E-state index in [1.807, 2.05) is 5.32 Å². The van der Waals surface area contributed by atoms with E-state index in [1.165, 1.54) is 0 Å². The van der Waals surface area contributed by atoms with Gasteiger partial charge in [-0.15, -0.1) is 0 Å². The summed E-state index contributed by atoms with van der Waals surface area (Å²) >= 11 is 0. The quantitative estimate of drug-likeness (QED) is 0.635. The molecule has 1 N–H and O–H groups in total. The predicted molar refractivity (Wildman–Crippen MR) is 57.7 cm³/mol. The Morgan fingerprint density at radius 1 is 1.12 bits per heavy atom. The number of hydrogen-bond donors (Lipinski definition) is 1. The summed E-state index contributed by atoms with van der Waals surface area (Å²) in [6, 6.07) is 1.80. The van der Waals surface area contributed by atoms with Gasteiger partial charge in [-0.05, 0) is 24.3 Å². The van der Waals surface area contributed by atoms with Crippen molar-refractivity contribution in [3.63, 3.8) is 0 Å². The number of halogens is 5. The molecule has 0 bridgehead atoms. The van der Waals surface area contributed by atoms with Gasteiger partial charge in [0.05, 0.1) is 9.47 Å². The highest BCUT2D eigenvalue weighted by molar-refractivity contribution is 8.45. The largest absolute Gasteiger partial charge is 0.435 e. The minimum Gasteiger partial charge on any atom is -0.435 e. The highest BCUT2D eigenvalue weighted by Crippen LogP contribution is 3.02. The number of anilines is 1. The molecule has 0 radical (unpaired) electrons. The molecule has 1 unspecified atom stereocenters. The first kappa shape index (κ1) is 14.0. The fourth-order valence-corrected chi connectivity index (χ4v) is 1.65. The Balaban J connectivity index is 3.02. The number of carbonyl (C=O) groups excluding carboxylic acids is 1. The van der Waals surface area contributed by atoms with E-state index in [0.717, 1.165) is 0 Å². The molecule has 1 aromatic carbocycles. The number of rotatable bonds is 2. The van der Waals surface area contributed by atoms with Gasteiger partial charge in [0.15, 0.2) is 0 Å². The van der Waals surface area contributed by atoms with Crippen molar-refractivity contribution in [2.45, 2.75) is 4.90 Å². The third kappa shape index (κ3) is 4.01. The summed E-state index contributed by atoms with van der Waals surface area (Å²) in [5, 5.41) is 2.01. The fraction of sp³-hybridized carbons (Fsp3) is 0. The number of amides is 1. The molecule has 0 aliphatic heterocycles. The van der Waals surface area contributed by atoms with Crippen LogP contribution in [-0.4, -0.2) is 6.09 Å². The Bertz CT molecular complexity index is 445. The first-order valence-corrected chi connectivity index (χ1v) is 6.36. The molecule has 1 atom stereocenters. The van der Waals surface area contributed by atoms with Gasteiger partial charge in [0.25, 0.3) is 0 Å². The Hall–Kier alpha value is -1.08. The van der Waals surface area contributed by atoms with Gasteiger partial charge >= 0.3 is 16.3 Å². The summed E-state index contributed by atoms with van der Waals surface area (Å²) in [6.45, 7) is 0. The molecule has 0 spiro atoms. The Kier molecular flexibility index (Phi) is 2.84. The third-order valence-corrected chi connectivity index (χ3v) is 3.03. The molecule has 17 heavy (non-hydrogen) atoms. The van der Waals surface area contributed by atoms with Crippen LogP contribution in [0.2, 0.25) is 0 Å². The minimum atomic E-state index is -9.65. The lowest BCUT2D eigenvalue weighted by molar-refractivity contribution is 0.222. The van der Waals surface area contributed by atoms with Crippen LogP contribution in [0.5, 0.6) is 0 Å². The maximum absolute atomic E-state index is 12.3. The summed E-state index contributed by atoms with van der Waals surface area (Å²) in [7, 11) is -8.03. The van der Waals surface area contributed by atoms with E-state index in [4.69, 9.17) is 0 Å². The fourth-order valence-electron chi connectivity index (χ4n) is 0.943. The van der Waals surface area contributed by atoms with E-state index in [2.05, 4.69) is 4.52 Å². The van der Waals surface area contributed by atoms with Gasteiger partial charge in [0, 0.05) is 5.69 Å². The Labute approximate surface area is 95.3 Å². The highest BCUT2D eigenvalue weighted by atomic mass is 32.5. The van der Waals surface area contributed by atoms with Crippen molar-refractivity contribution in [2.24, 2.45) is 0 Å². The van der Waals surface area contributed by atoms with Crippen LogP contribution >= 0.6 is 19.7 Å². The molecule has 0 aliphatic rings. The smallest absolute Gasteiger partial charge is 0.413 e. The second kappa shape index (κ2) is 3.46. The zero-order valence-corrected chi connectivity index (χ0v) is 9.97. The van der Waals surface area contributed by atoms with Crippen LogP contribution in [-0.2, 0) is 4.52 Å². The van der Waals surface area contributed by atoms with E-state index in [9.17, 15) is 24.2 Å². The van der Waals surface area contributed by atoms with Gasteiger partial charge in [-0.2, -0.15) is 0 Å². The van der Waals surface area contributed by atoms with Crippen LogP contribution < -0.4 is 5.32 Å². The molecule has 0 aromatic heterocycles. The lowest BCUT2D eigenvalue weighted by Gasteiger charge is -2.40. The molecule has 98 valence electrons.